The number of benzene rings is 1. The molecule has 0 aliphatic carbocycles. The van der Waals surface area contributed by atoms with Crippen LogP contribution in [0.5, 0.6) is 0 Å². The summed E-state index contributed by atoms with van der Waals surface area (Å²) >= 11 is 1.52. The van der Waals surface area contributed by atoms with Gasteiger partial charge < -0.3 is 5.32 Å². The number of nitrogens with one attached hydrogen (secondary N) is 1. The molecular formula is C12H18N2O3S2. The van der Waals surface area contributed by atoms with Crippen molar-refractivity contribution in [3.05, 3.63) is 24.3 Å². The van der Waals surface area contributed by atoms with Gasteiger partial charge in [-0.3, -0.25) is 4.79 Å². The maximum atomic E-state index is 11.7. The first kappa shape index (κ1) is 16.0. The van der Waals surface area contributed by atoms with Crippen molar-refractivity contribution in [1.82, 2.24) is 0 Å². The molecule has 0 bridgehead atoms. The maximum absolute atomic E-state index is 11.7. The lowest BCUT2D eigenvalue weighted by atomic mass is 10.3. The van der Waals surface area contributed by atoms with Gasteiger partial charge in [-0.05, 0) is 18.2 Å². The van der Waals surface area contributed by atoms with E-state index in [0.29, 0.717) is 11.4 Å². The Labute approximate surface area is 118 Å². The minimum atomic E-state index is -3.75. The third-order valence-corrected chi connectivity index (χ3v) is 4.27. The van der Waals surface area contributed by atoms with Gasteiger partial charge in [-0.15, -0.1) is 11.8 Å². The third kappa shape index (κ3) is 6.09. The number of hydrogen-bond acceptors (Lipinski definition) is 4. The van der Waals surface area contributed by atoms with Crippen LogP contribution < -0.4 is 10.5 Å². The first-order chi connectivity index (χ1) is 8.58. The molecule has 0 atom stereocenters. The zero-order chi connectivity index (χ0) is 14.7. The van der Waals surface area contributed by atoms with E-state index in [0.717, 1.165) is 0 Å². The first-order valence-electron chi connectivity index (χ1n) is 5.65. The summed E-state index contributed by atoms with van der Waals surface area (Å²) in [4.78, 5) is 11.7. The van der Waals surface area contributed by atoms with E-state index in [1.807, 2.05) is 20.8 Å². The highest BCUT2D eigenvalue weighted by Crippen LogP contribution is 2.23. The van der Waals surface area contributed by atoms with E-state index in [1.54, 1.807) is 6.07 Å². The Bertz CT molecular complexity index is 563. The summed E-state index contributed by atoms with van der Waals surface area (Å²) in [5.74, 6) is 0.134. The first-order valence-corrected chi connectivity index (χ1v) is 8.18. The summed E-state index contributed by atoms with van der Waals surface area (Å²) in [5, 5.41) is 7.67. The second-order valence-corrected chi connectivity index (χ2v) is 8.39. The minimum Gasteiger partial charge on any atom is -0.325 e. The van der Waals surface area contributed by atoms with E-state index in [4.69, 9.17) is 5.14 Å². The number of thioether (sulfide) groups is 1. The SMILES string of the molecule is CC(C)(C)SCC(=O)Nc1cccc(S(N)(=O)=O)c1. The van der Waals surface area contributed by atoms with Crippen molar-refractivity contribution in [2.75, 3.05) is 11.1 Å². The Balaban J connectivity index is 2.70. The number of carbonyl (C=O) groups excluding carboxylic acids is 1. The van der Waals surface area contributed by atoms with Crippen LogP contribution in [0, 0.1) is 0 Å². The number of amides is 1. The molecule has 7 heteroatoms. The third-order valence-electron chi connectivity index (χ3n) is 2.08. The molecule has 1 rings (SSSR count). The molecule has 19 heavy (non-hydrogen) atoms. The monoisotopic (exact) mass is 302 g/mol. The second kappa shape index (κ2) is 5.94. The molecular weight excluding hydrogens is 284 g/mol. The van der Waals surface area contributed by atoms with Crippen LogP contribution in [0.1, 0.15) is 20.8 Å². The molecule has 0 spiro atoms. The molecule has 0 unspecified atom stereocenters. The highest BCUT2D eigenvalue weighted by molar-refractivity contribution is 8.01. The topological polar surface area (TPSA) is 89.3 Å². The van der Waals surface area contributed by atoms with Crippen LogP contribution in [0.25, 0.3) is 0 Å². The standard InChI is InChI=1S/C12H18N2O3S2/c1-12(2,3)18-8-11(15)14-9-5-4-6-10(7-9)19(13,16)17/h4-7H,8H2,1-3H3,(H,14,15)(H2,13,16,17). The fourth-order valence-electron chi connectivity index (χ4n) is 1.23. The number of nitrogens with two attached hydrogens (primary N) is 1. The van der Waals surface area contributed by atoms with E-state index >= 15 is 0 Å². The minimum absolute atomic E-state index is 0.000212. The zero-order valence-electron chi connectivity index (χ0n) is 11.1. The number of hydrogen-bond donors (Lipinski definition) is 2. The number of primary sulfonamides is 1. The number of anilines is 1. The van der Waals surface area contributed by atoms with Gasteiger partial charge in [0.25, 0.3) is 0 Å². The molecule has 0 heterocycles. The number of carbonyl (C=O) groups is 1. The quantitative estimate of drug-likeness (QED) is 0.887. The van der Waals surface area contributed by atoms with E-state index < -0.39 is 10.0 Å². The van der Waals surface area contributed by atoms with Crippen LogP contribution in [-0.4, -0.2) is 24.8 Å². The van der Waals surface area contributed by atoms with Gasteiger partial charge in [-0.1, -0.05) is 26.8 Å². The molecule has 1 amide bonds. The average Bonchev–Trinajstić information content (AvgIpc) is 2.25. The molecule has 1 aromatic carbocycles. The largest absolute Gasteiger partial charge is 0.325 e. The van der Waals surface area contributed by atoms with Crippen molar-refractivity contribution in [2.45, 2.75) is 30.4 Å². The number of sulfonamides is 1. The number of rotatable bonds is 4. The van der Waals surface area contributed by atoms with Crippen LogP contribution in [0.15, 0.2) is 29.2 Å². The fraction of sp³-hybridized carbons (Fsp3) is 0.417. The smallest absolute Gasteiger partial charge is 0.238 e. The molecule has 0 saturated heterocycles. The summed E-state index contributed by atoms with van der Waals surface area (Å²) in [5.41, 5.74) is 0.422. The van der Waals surface area contributed by atoms with Crippen LogP contribution in [0.4, 0.5) is 5.69 Å². The summed E-state index contributed by atoms with van der Waals surface area (Å²) in [6.07, 6.45) is 0. The van der Waals surface area contributed by atoms with Gasteiger partial charge in [0.2, 0.25) is 15.9 Å². The average molecular weight is 302 g/mol. The normalized spacial score (nSPS) is 12.2. The van der Waals surface area contributed by atoms with Crippen LogP contribution in [-0.2, 0) is 14.8 Å². The van der Waals surface area contributed by atoms with Crippen molar-refractivity contribution in [3.8, 4) is 0 Å². The molecule has 0 radical (unpaired) electrons. The lowest BCUT2D eigenvalue weighted by Gasteiger charge is -2.17. The molecule has 0 aromatic heterocycles. The molecule has 0 aliphatic rings. The van der Waals surface area contributed by atoms with E-state index in [-0.39, 0.29) is 15.5 Å². The maximum Gasteiger partial charge on any atom is 0.238 e. The van der Waals surface area contributed by atoms with Crippen LogP contribution in [0.3, 0.4) is 0 Å². The highest BCUT2D eigenvalue weighted by atomic mass is 32.2. The van der Waals surface area contributed by atoms with Gasteiger partial charge in [-0.25, -0.2) is 13.6 Å². The predicted octanol–water partition coefficient (Wildman–Crippen LogP) is 1.80. The molecule has 5 nitrogen and oxygen atoms in total. The van der Waals surface area contributed by atoms with Gasteiger partial charge in [-0.2, -0.15) is 0 Å². The molecule has 3 N–H and O–H groups in total. The van der Waals surface area contributed by atoms with Gasteiger partial charge in [0, 0.05) is 10.4 Å². The van der Waals surface area contributed by atoms with Gasteiger partial charge in [0.1, 0.15) is 0 Å². The van der Waals surface area contributed by atoms with Crippen molar-refractivity contribution >= 4 is 33.4 Å². The Kier molecular flexibility index (Phi) is 5.00. The predicted molar refractivity (Wildman–Crippen MR) is 78.7 cm³/mol. The molecule has 0 saturated carbocycles. The van der Waals surface area contributed by atoms with Crippen molar-refractivity contribution in [3.63, 3.8) is 0 Å². The van der Waals surface area contributed by atoms with E-state index in [1.165, 1.54) is 30.0 Å². The Morgan fingerprint density at radius 2 is 2.00 bits per heavy atom. The molecule has 106 valence electrons. The van der Waals surface area contributed by atoms with Crippen LogP contribution >= 0.6 is 11.8 Å². The zero-order valence-corrected chi connectivity index (χ0v) is 12.8. The molecule has 1 aromatic rings. The molecule has 0 aliphatic heterocycles. The van der Waals surface area contributed by atoms with E-state index in [9.17, 15) is 13.2 Å². The Hall–Kier alpha value is -1.05. The van der Waals surface area contributed by atoms with E-state index in [2.05, 4.69) is 5.32 Å². The Morgan fingerprint density at radius 3 is 2.53 bits per heavy atom. The highest BCUT2D eigenvalue weighted by Gasteiger charge is 2.14. The lowest BCUT2D eigenvalue weighted by molar-refractivity contribution is -0.113. The fourth-order valence-corrected chi connectivity index (χ4v) is 2.43. The van der Waals surface area contributed by atoms with Crippen molar-refractivity contribution < 1.29 is 13.2 Å². The van der Waals surface area contributed by atoms with Gasteiger partial charge in [0.05, 0.1) is 10.6 Å². The van der Waals surface area contributed by atoms with Gasteiger partial charge >= 0.3 is 0 Å². The molecule has 0 fully saturated rings. The lowest BCUT2D eigenvalue weighted by Crippen LogP contribution is -2.19. The summed E-state index contributed by atoms with van der Waals surface area (Å²) < 4.78 is 22.4. The van der Waals surface area contributed by atoms with Crippen molar-refractivity contribution in [2.24, 2.45) is 5.14 Å². The van der Waals surface area contributed by atoms with Crippen molar-refractivity contribution in [1.29, 1.82) is 0 Å². The van der Waals surface area contributed by atoms with Crippen LogP contribution in [0.2, 0.25) is 0 Å². The Morgan fingerprint density at radius 1 is 1.37 bits per heavy atom. The second-order valence-electron chi connectivity index (χ2n) is 5.02. The summed E-state index contributed by atoms with van der Waals surface area (Å²) in [6.45, 7) is 6.06. The van der Waals surface area contributed by atoms with Gasteiger partial charge in [0.15, 0.2) is 0 Å². The summed E-state index contributed by atoms with van der Waals surface area (Å²) in [6, 6.07) is 5.88. The summed E-state index contributed by atoms with van der Waals surface area (Å²) in [7, 11) is -3.75.